The van der Waals surface area contributed by atoms with Crippen LogP contribution in [0.5, 0.6) is 0 Å². The number of halogens is 1. The van der Waals surface area contributed by atoms with E-state index in [9.17, 15) is 9.18 Å². The Morgan fingerprint density at radius 2 is 1.90 bits per heavy atom. The molecule has 1 atom stereocenters. The van der Waals surface area contributed by atoms with E-state index >= 15 is 0 Å². The highest BCUT2D eigenvalue weighted by molar-refractivity contribution is 5.86. The topological polar surface area (TPSA) is 64.1 Å². The first-order valence-electron chi connectivity index (χ1n) is 6.04. The van der Waals surface area contributed by atoms with Gasteiger partial charge >= 0.3 is 5.97 Å². The summed E-state index contributed by atoms with van der Waals surface area (Å²) in [4.78, 5) is 11.2. The summed E-state index contributed by atoms with van der Waals surface area (Å²) >= 11 is 0. The molecule has 104 valence electrons. The van der Waals surface area contributed by atoms with Crippen molar-refractivity contribution in [2.45, 2.75) is 13.0 Å². The number of carbonyl (C=O) groups is 1. The van der Waals surface area contributed by atoms with Crippen LogP contribution in [0.2, 0.25) is 0 Å². The highest BCUT2D eigenvalue weighted by Crippen LogP contribution is 2.17. The maximum atomic E-state index is 12.8. The summed E-state index contributed by atoms with van der Waals surface area (Å²) in [7, 11) is 1.28. The van der Waals surface area contributed by atoms with Crippen LogP contribution in [0.4, 0.5) is 10.2 Å². The summed E-state index contributed by atoms with van der Waals surface area (Å²) in [6.07, 6.45) is 0. The average Bonchev–Trinajstić information content (AvgIpc) is 2.48. The molecular weight excluding hydrogens is 261 g/mol. The maximum absolute atomic E-state index is 12.8. The molecule has 1 N–H and O–H groups in total. The second-order valence-electron chi connectivity index (χ2n) is 4.21. The van der Waals surface area contributed by atoms with Crippen molar-refractivity contribution in [2.24, 2.45) is 0 Å². The Kier molecular flexibility index (Phi) is 4.24. The molecule has 2 aromatic rings. The molecule has 0 aliphatic carbocycles. The van der Waals surface area contributed by atoms with Crippen LogP contribution in [0.25, 0.3) is 0 Å². The lowest BCUT2D eigenvalue weighted by atomic mass is 10.1. The molecule has 20 heavy (non-hydrogen) atoms. The van der Waals surface area contributed by atoms with Crippen LogP contribution < -0.4 is 5.32 Å². The number of nitrogens with zero attached hydrogens (tertiary/aromatic N) is 2. The Labute approximate surface area is 115 Å². The normalized spacial score (nSPS) is 11.8. The molecule has 1 aromatic heterocycles. The Morgan fingerprint density at radius 1 is 1.20 bits per heavy atom. The quantitative estimate of drug-likeness (QED) is 0.869. The van der Waals surface area contributed by atoms with Gasteiger partial charge in [0.2, 0.25) is 0 Å². The Bertz CT molecular complexity index is 584. The fraction of sp³-hybridized carbons (Fsp3) is 0.214. The number of rotatable bonds is 4. The van der Waals surface area contributed by atoms with Gasteiger partial charge < -0.3 is 10.1 Å². The summed E-state index contributed by atoms with van der Waals surface area (Å²) in [6, 6.07) is 9.30. The van der Waals surface area contributed by atoms with Crippen molar-refractivity contribution in [3.63, 3.8) is 0 Å². The molecule has 0 radical (unpaired) electrons. The minimum absolute atomic E-state index is 0.0612. The van der Waals surface area contributed by atoms with Gasteiger partial charge in [0.1, 0.15) is 11.6 Å². The second kappa shape index (κ2) is 6.10. The molecular formula is C14H14FN3O2. The van der Waals surface area contributed by atoms with Crippen molar-refractivity contribution in [3.05, 3.63) is 53.5 Å². The molecule has 2 rings (SSSR count). The van der Waals surface area contributed by atoms with E-state index < -0.39 is 5.97 Å². The zero-order valence-electron chi connectivity index (χ0n) is 11.1. The zero-order valence-corrected chi connectivity index (χ0v) is 11.1. The third kappa shape index (κ3) is 3.28. The monoisotopic (exact) mass is 275 g/mol. The van der Waals surface area contributed by atoms with Crippen LogP contribution >= 0.6 is 0 Å². The molecule has 5 nitrogen and oxygen atoms in total. The molecule has 0 fully saturated rings. The first-order chi connectivity index (χ1) is 9.60. The van der Waals surface area contributed by atoms with Crippen LogP contribution in [-0.4, -0.2) is 23.3 Å². The number of ether oxygens (including phenoxy) is 1. The van der Waals surface area contributed by atoms with Gasteiger partial charge in [-0.15, -0.1) is 10.2 Å². The van der Waals surface area contributed by atoms with Gasteiger partial charge in [-0.25, -0.2) is 9.18 Å². The highest BCUT2D eigenvalue weighted by atomic mass is 19.1. The molecule has 0 aliphatic rings. The third-order valence-electron chi connectivity index (χ3n) is 2.79. The standard InChI is InChI=1S/C14H14FN3O2/c1-9(10-3-5-11(15)6-4-10)16-13-8-7-12(17-18-13)14(19)20-2/h3-9H,1-2H3,(H,16,18)/t9-/m0/s1. The van der Waals surface area contributed by atoms with Gasteiger partial charge in [-0.3, -0.25) is 0 Å². The molecule has 0 spiro atoms. The van der Waals surface area contributed by atoms with E-state index in [2.05, 4.69) is 20.3 Å². The highest BCUT2D eigenvalue weighted by Gasteiger charge is 2.10. The van der Waals surface area contributed by atoms with Gasteiger partial charge in [0.15, 0.2) is 5.69 Å². The molecule has 0 saturated carbocycles. The Hall–Kier alpha value is -2.50. The van der Waals surface area contributed by atoms with Crippen molar-refractivity contribution in [1.29, 1.82) is 0 Å². The zero-order chi connectivity index (χ0) is 14.5. The molecule has 6 heteroatoms. The summed E-state index contributed by atoms with van der Waals surface area (Å²) < 4.78 is 17.4. The van der Waals surface area contributed by atoms with Crippen LogP contribution in [0.3, 0.4) is 0 Å². The maximum Gasteiger partial charge on any atom is 0.358 e. The number of aromatic nitrogens is 2. The van der Waals surface area contributed by atoms with Gasteiger partial charge in [0.25, 0.3) is 0 Å². The first-order valence-corrected chi connectivity index (χ1v) is 6.04. The molecule has 0 bridgehead atoms. The number of nitrogens with one attached hydrogen (secondary N) is 1. The lowest BCUT2D eigenvalue weighted by Crippen LogP contribution is -2.10. The van der Waals surface area contributed by atoms with Crippen molar-refractivity contribution < 1.29 is 13.9 Å². The summed E-state index contributed by atoms with van der Waals surface area (Å²) in [6.45, 7) is 1.92. The number of anilines is 1. The first kappa shape index (κ1) is 13.9. The summed E-state index contributed by atoms with van der Waals surface area (Å²) in [5, 5.41) is 10.8. The minimum Gasteiger partial charge on any atom is -0.464 e. The molecule has 0 unspecified atom stereocenters. The fourth-order valence-corrected chi connectivity index (χ4v) is 1.68. The van der Waals surface area contributed by atoms with Crippen LogP contribution in [0.15, 0.2) is 36.4 Å². The van der Waals surface area contributed by atoms with E-state index in [1.165, 1.54) is 25.3 Å². The number of esters is 1. The van der Waals surface area contributed by atoms with E-state index in [4.69, 9.17) is 0 Å². The molecule has 0 saturated heterocycles. The third-order valence-corrected chi connectivity index (χ3v) is 2.79. The van der Waals surface area contributed by atoms with Crippen LogP contribution in [0.1, 0.15) is 29.0 Å². The minimum atomic E-state index is -0.532. The predicted molar refractivity (Wildman–Crippen MR) is 71.8 cm³/mol. The molecule has 0 amide bonds. The van der Waals surface area contributed by atoms with Gasteiger partial charge in [0.05, 0.1) is 13.2 Å². The summed E-state index contributed by atoms with van der Waals surface area (Å²) in [5.41, 5.74) is 1.07. The lowest BCUT2D eigenvalue weighted by Gasteiger charge is -2.14. The number of benzene rings is 1. The van der Waals surface area contributed by atoms with Gasteiger partial charge in [0, 0.05) is 0 Å². The predicted octanol–water partition coefficient (Wildman–Crippen LogP) is 2.58. The van der Waals surface area contributed by atoms with E-state index in [1.807, 2.05) is 6.92 Å². The molecule has 1 aromatic carbocycles. The van der Waals surface area contributed by atoms with Crippen molar-refractivity contribution >= 4 is 11.8 Å². The SMILES string of the molecule is COC(=O)c1ccc(N[C@@H](C)c2ccc(F)cc2)nn1. The largest absolute Gasteiger partial charge is 0.464 e. The lowest BCUT2D eigenvalue weighted by molar-refractivity contribution is 0.0593. The number of hydrogen-bond donors (Lipinski definition) is 1. The summed E-state index contributed by atoms with van der Waals surface area (Å²) in [5.74, 6) is -0.284. The Balaban J connectivity index is 2.06. The second-order valence-corrected chi connectivity index (χ2v) is 4.21. The molecule has 1 heterocycles. The average molecular weight is 275 g/mol. The number of hydrogen-bond acceptors (Lipinski definition) is 5. The fourth-order valence-electron chi connectivity index (χ4n) is 1.68. The van der Waals surface area contributed by atoms with Gasteiger partial charge in [-0.05, 0) is 36.8 Å². The van der Waals surface area contributed by atoms with E-state index in [-0.39, 0.29) is 17.6 Å². The van der Waals surface area contributed by atoms with Crippen LogP contribution in [0, 0.1) is 5.82 Å². The van der Waals surface area contributed by atoms with E-state index in [0.29, 0.717) is 5.82 Å². The van der Waals surface area contributed by atoms with E-state index in [1.54, 1.807) is 18.2 Å². The van der Waals surface area contributed by atoms with Crippen molar-refractivity contribution in [1.82, 2.24) is 10.2 Å². The van der Waals surface area contributed by atoms with Crippen molar-refractivity contribution in [2.75, 3.05) is 12.4 Å². The van der Waals surface area contributed by atoms with E-state index in [0.717, 1.165) is 5.56 Å². The number of methoxy groups -OCH3 is 1. The van der Waals surface area contributed by atoms with Gasteiger partial charge in [-0.1, -0.05) is 12.1 Å². The van der Waals surface area contributed by atoms with Crippen molar-refractivity contribution in [3.8, 4) is 0 Å². The smallest absolute Gasteiger partial charge is 0.358 e. The van der Waals surface area contributed by atoms with Gasteiger partial charge in [-0.2, -0.15) is 0 Å². The Morgan fingerprint density at radius 3 is 2.45 bits per heavy atom. The number of carbonyl (C=O) groups excluding carboxylic acids is 1. The molecule has 0 aliphatic heterocycles. The van der Waals surface area contributed by atoms with Crippen LogP contribution in [-0.2, 0) is 4.74 Å².